The molecule has 1 aromatic heterocycles. The molecule has 0 fully saturated rings. The number of aliphatic hydroxyl groups is 1. The Morgan fingerprint density at radius 2 is 1.84 bits per heavy atom. The van der Waals surface area contributed by atoms with Crippen molar-refractivity contribution < 1.29 is 27.9 Å². The lowest BCUT2D eigenvalue weighted by Crippen LogP contribution is -2.46. The number of alkyl halides is 1. The second-order valence-electron chi connectivity index (χ2n) is 9.85. The van der Waals surface area contributed by atoms with E-state index < -0.39 is 47.2 Å². The summed E-state index contributed by atoms with van der Waals surface area (Å²) in [4.78, 5) is 29.0. The first kappa shape index (κ1) is 29.7. The molecule has 38 heavy (non-hydrogen) atoms. The first-order valence-electron chi connectivity index (χ1n) is 11.9. The maximum atomic E-state index is 14.0. The third-order valence-corrected chi connectivity index (χ3v) is 6.98. The lowest BCUT2D eigenvalue weighted by Gasteiger charge is -2.28. The smallest absolute Gasteiger partial charge is 0.253 e. The first-order chi connectivity index (χ1) is 17.7. The number of carbonyl (C=O) groups excluding carboxylic acids is 2. The highest BCUT2D eigenvalue weighted by atomic mass is 35.5. The van der Waals surface area contributed by atoms with Crippen molar-refractivity contribution in [3.63, 3.8) is 0 Å². The van der Waals surface area contributed by atoms with Crippen LogP contribution in [0.4, 0.5) is 13.2 Å². The van der Waals surface area contributed by atoms with Crippen LogP contribution in [0, 0.1) is 17.6 Å². The van der Waals surface area contributed by atoms with E-state index in [0.717, 1.165) is 12.3 Å². The number of hydrogen-bond acceptors (Lipinski definition) is 4. The Hall–Kier alpha value is -2.88. The van der Waals surface area contributed by atoms with Gasteiger partial charge < -0.3 is 16.2 Å². The third kappa shape index (κ3) is 7.82. The van der Waals surface area contributed by atoms with Crippen LogP contribution in [0.15, 0.2) is 42.6 Å². The van der Waals surface area contributed by atoms with Crippen LogP contribution in [-0.2, 0) is 11.2 Å². The van der Waals surface area contributed by atoms with E-state index in [2.05, 4.69) is 10.3 Å². The molecule has 0 aliphatic rings. The van der Waals surface area contributed by atoms with Gasteiger partial charge in [-0.05, 0) is 75.4 Å². The molecule has 0 aliphatic heterocycles. The number of nitrogens with one attached hydrogen (secondary N) is 1. The first-order valence-corrected chi connectivity index (χ1v) is 12.7. The van der Waals surface area contributed by atoms with Crippen molar-refractivity contribution in [1.29, 1.82) is 0 Å². The van der Waals surface area contributed by atoms with Crippen molar-refractivity contribution in [2.75, 3.05) is 0 Å². The summed E-state index contributed by atoms with van der Waals surface area (Å²) >= 11 is 12.1. The predicted molar refractivity (Wildman–Crippen MR) is 141 cm³/mol. The highest BCUT2D eigenvalue weighted by Gasteiger charge is 2.29. The van der Waals surface area contributed by atoms with Gasteiger partial charge in [-0.25, -0.2) is 13.2 Å². The summed E-state index contributed by atoms with van der Waals surface area (Å²) in [6.45, 7) is 2.76. The number of hydrogen-bond donors (Lipinski definition) is 3. The van der Waals surface area contributed by atoms with Gasteiger partial charge in [-0.15, -0.1) is 0 Å². The Morgan fingerprint density at radius 3 is 2.47 bits per heavy atom. The number of nitrogens with zero attached hydrogens (tertiary/aromatic N) is 1. The molecule has 1 heterocycles. The normalized spacial score (nSPS) is 14.2. The molecular weight excluding hydrogens is 542 g/mol. The molecule has 0 saturated carbocycles. The van der Waals surface area contributed by atoms with E-state index in [9.17, 15) is 27.9 Å². The molecule has 0 spiro atoms. The van der Waals surface area contributed by atoms with E-state index in [1.165, 1.54) is 26.0 Å². The zero-order valence-electron chi connectivity index (χ0n) is 20.8. The van der Waals surface area contributed by atoms with Gasteiger partial charge in [0.25, 0.3) is 5.91 Å². The fraction of sp³-hybridized carbons (Fsp3) is 0.370. The quantitative estimate of drug-likeness (QED) is 0.282. The third-order valence-electron chi connectivity index (χ3n) is 6.24. The number of aromatic nitrogens is 1. The molecule has 11 heteroatoms. The topological polar surface area (TPSA) is 105 Å². The van der Waals surface area contributed by atoms with Gasteiger partial charge in [0.2, 0.25) is 5.91 Å². The molecule has 0 radical (unpaired) electrons. The van der Waals surface area contributed by atoms with E-state index in [4.69, 9.17) is 28.9 Å². The SMILES string of the molecule is CC(C)(F)CC[C@H](C[C@H](O)[C@H](Cc1ccc(Cl)c(Cl)c1)NC(=O)c1cnc2c(F)c(F)ccc2c1)C(N)=O. The summed E-state index contributed by atoms with van der Waals surface area (Å²) in [7, 11) is 0. The zero-order valence-corrected chi connectivity index (χ0v) is 22.3. The second kappa shape index (κ2) is 12.3. The van der Waals surface area contributed by atoms with Crippen LogP contribution in [0.25, 0.3) is 10.9 Å². The predicted octanol–water partition coefficient (Wildman–Crippen LogP) is 5.54. The largest absolute Gasteiger partial charge is 0.391 e. The van der Waals surface area contributed by atoms with Gasteiger partial charge in [0, 0.05) is 17.5 Å². The van der Waals surface area contributed by atoms with Crippen LogP contribution in [0.3, 0.4) is 0 Å². The van der Waals surface area contributed by atoms with Crippen molar-refractivity contribution in [3.05, 3.63) is 75.4 Å². The molecule has 204 valence electrons. The van der Waals surface area contributed by atoms with Gasteiger partial charge in [-0.3, -0.25) is 14.6 Å². The number of halogens is 5. The minimum absolute atomic E-state index is 0.0421. The van der Waals surface area contributed by atoms with Crippen LogP contribution in [0.2, 0.25) is 10.0 Å². The highest BCUT2D eigenvalue weighted by Crippen LogP contribution is 2.26. The van der Waals surface area contributed by atoms with Crippen LogP contribution >= 0.6 is 23.2 Å². The molecule has 3 aromatic rings. The monoisotopic (exact) mass is 569 g/mol. The Morgan fingerprint density at radius 1 is 1.13 bits per heavy atom. The van der Waals surface area contributed by atoms with E-state index in [1.54, 1.807) is 18.2 Å². The maximum Gasteiger partial charge on any atom is 0.253 e. The summed E-state index contributed by atoms with van der Waals surface area (Å²) in [6, 6.07) is 7.47. The zero-order chi connectivity index (χ0) is 28.2. The molecule has 2 amide bonds. The Labute approximate surface area is 228 Å². The van der Waals surface area contributed by atoms with Crippen molar-refractivity contribution >= 4 is 45.9 Å². The molecule has 0 unspecified atom stereocenters. The lowest BCUT2D eigenvalue weighted by molar-refractivity contribution is -0.123. The summed E-state index contributed by atoms with van der Waals surface area (Å²) in [6.07, 6.45) is -0.0215. The van der Waals surface area contributed by atoms with Crippen molar-refractivity contribution in [1.82, 2.24) is 10.3 Å². The summed E-state index contributed by atoms with van der Waals surface area (Å²) < 4.78 is 41.6. The van der Waals surface area contributed by atoms with E-state index in [0.29, 0.717) is 10.6 Å². The number of aliphatic hydroxyl groups excluding tert-OH is 1. The van der Waals surface area contributed by atoms with Gasteiger partial charge in [0.1, 0.15) is 11.2 Å². The average molecular weight is 570 g/mol. The van der Waals surface area contributed by atoms with Gasteiger partial charge in [0.15, 0.2) is 11.6 Å². The number of carbonyl (C=O) groups is 2. The van der Waals surface area contributed by atoms with E-state index in [1.807, 2.05) is 0 Å². The fourth-order valence-corrected chi connectivity index (χ4v) is 4.39. The fourth-order valence-electron chi connectivity index (χ4n) is 4.07. The van der Waals surface area contributed by atoms with Gasteiger partial charge in [-0.1, -0.05) is 29.3 Å². The van der Waals surface area contributed by atoms with Gasteiger partial charge in [0.05, 0.1) is 27.8 Å². The van der Waals surface area contributed by atoms with Gasteiger partial charge >= 0.3 is 0 Å². The number of rotatable bonds is 11. The molecular formula is C27H28Cl2F3N3O3. The van der Waals surface area contributed by atoms with Crippen LogP contribution < -0.4 is 11.1 Å². The molecule has 3 atom stereocenters. The summed E-state index contributed by atoms with van der Waals surface area (Å²) in [5.74, 6) is -4.37. The van der Waals surface area contributed by atoms with Crippen LogP contribution in [0.1, 0.15) is 49.0 Å². The number of benzene rings is 2. The van der Waals surface area contributed by atoms with Crippen molar-refractivity contribution in [3.8, 4) is 0 Å². The molecule has 0 saturated heterocycles. The standard InChI is InChI=1S/C27H28Cl2F3N3O3/c1-27(2,32)8-7-16(25(33)37)12-22(36)21(10-14-3-5-18(28)19(29)9-14)35-26(38)17-11-15-4-6-20(30)23(31)24(15)34-13-17/h3-6,9,11,13,16,21-22,36H,7-8,10,12H2,1-2H3,(H2,33,37)(H,35,38)/t16-,21+,22+/m1/s1. The molecule has 0 bridgehead atoms. The number of primary amides is 1. The molecule has 4 N–H and O–H groups in total. The maximum absolute atomic E-state index is 14.0. The second-order valence-corrected chi connectivity index (χ2v) is 10.7. The van der Waals surface area contributed by atoms with E-state index >= 15 is 0 Å². The molecule has 0 aliphatic carbocycles. The number of pyridine rings is 1. The van der Waals surface area contributed by atoms with Gasteiger partial charge in [-0.2, -0.15) is 0 Å². The minimum atomic E-state index is -1.53. The minimum Gasteiger partial charge on any atom is -0.391 e. The van der Waals surface area contributed by atoms with Crippen LogP contribution in [-0.4, -0.2) is 39.7 Å². The Kier molecular flexibility index (Phi) is 9.62. The number of fused-ring (bicyclic) bond motifs is 1. The molecule has 6 nitrogen and oxygen atoms in total. The van der Waals surface area contributed by atoms with E-state index in [-0.39, 0.29) is 47.2 Å². The highest BCUT2D eigenvalue weighted by molar-refractivity contribution is 6.42. The molecule has 3 rings (SSSR count). The summed E-state index contributed by atoms with van der Waals surface area (Å²) in [5.41, 5.74) is 4.44. The number of nitrogens with two attached hydrogens (primary N) is 1. The number of amides is 2. The lowest BCUT2D eigenvalue weighted by atomic mass is 9.88. The van der Waals surface area contributed by atoms with Crippen molar-refractivity contribution in [2.24, 2.45) is 11.7 Å². The Balaban J connectivity index is 1.86. The summed E-state index contributed by atoms with van der Waals surface area (Å²) in [5, 5.41) is 14.6. The molecule has 2 aromatic carbocycles. The average Bonchev–Trinajstić information content (AvgIpc) is 2.84. The van der Waals surface area contributed by atoms with Crippen LogP contribution in [0.5, 0.6) is 0 Å². The Bertz CT molecular complexity index is 1330. The van der Waals surface area contributed by atoms with Crippen molar-refractivity contribution in [2.45, 2.75) is 57.3 Å².